The van der Waals surface area contributed by atoms with Crippen LogP contribution in [0.25, 0.3) is 0 Å². The molecule has 1 aromatic carbocycles. The van der Waals surface area contributed by atoms with E-state index in [4.69, 9.17) is 10.8 Å². The van der Waals surface area contributed by atoms with Crippen molar-refractivity contribution in [2.24, 2.45) is 5.73 Å². The van der Waals surface area contributed by atoms with Gasteiger partial charge in [-0.05, 0) is 24.1 Å². The molecule has 4 atom stereocenters. The first kappa shape index (κ1) is 28.7. The Morgan fingerprint density at radius 3 is 2.03 bits per heavy atom. The quantitative estimate of drug-likeness (QED) is 0.123. The SMILES string of the molecule is NC(Cc1ccc(O)cc1)C(=O)NC(CC(=O)O)C(=O)NC(Cc1cnc[nH]1)C(=O)NC(CO)C(=O)O. The molecular formula is C22H28N6O9. The van der Waals surface area contributed by atoms with E-state index in [1.165, 1.54) is 24.7 Å². The van der Waals surface area contributed by atoms with Crippen molar-refractivity contribution in [1.82, 2.24) is 25.9 Å². The molecule has 0 aliphatic rings. The average Bonchev–Trinajstić information content (AvgIpc) is 3.35. The number of imidazole rings is 1. The van der Waals surface area contributed by atoms with E-state index in [0.717, 1.165) is 0 Å². The monoisotopic (exact) mass is 520 g/mol. The van der Waals surface area contributed by atoms with Gasteiger partial charge in [0.25, 0.3) is 0 Å². The summed E-state index contributed by atoms with van der Waals surface area (Å²) in [7, 11) is 0. The summed E-state index contributed by atoms with van der Waals surface area (Å²) in [5, 5.41) is 43.5. The number of benzene rings is 1. The maximum atomic E-state index is 12.9. The molecule has 0 aliphatic carbocycles. The molecule has 0 spiro atoms. The lowest BCUT2D eigenvalue weighted by atomic mass is 10.0. The van der Waals surface area contributed by atoms with Crippen LogP contribution in [0.2, 0.25) is 0 Å². The summed E-state index contributed by atoms with van der Waals surface area (Å²) in [5.74, 6) is -5.77. The number of carbonyl (C=O) groups excluding carboxylic acids is 3. The predicted octanol–water partition coefficient (Wildman–Crippen LogP) is -2.77. The van der Waals surface area contributed by atoms with Crippen molar-refractivity contribution >= 4 is 29.7 Å². The van der Waals surface area contributed by atoms with Crippen LogP contribution >= 0.6 is 0 Å². The van der Waals surface area contributed by atoms with Crippen molar-refractivity contribution in [3.05, 3.63) is 48.0 Å². The zero-order valence-electron chi connectivity index (χ0n) is 19.5. The van der Waals surface area contributed by atoms with E-state index in [0.29, 0.717) is 11.3 Å². The number of hydrogen-bond donors (Lipinski definition) is 9. The van der Waals surface area contributed by atoms with E-state index in [1.807, 2.05) is 0 Å². The summed E-state index contributed by atoms with van der Waals surface area (Å²) < 4.78 is 0. The molecule has 2 aromatic rings. The summed E-state index contributed by atoms with van der Waals surface area (Å²) in [5.41, 5.74) is 6.88. The molecule has 1 heterocycles. The van der Waals surface area contributed by atoms with Crippen LogP contribution in [0.4, 0.5) is 0 Å². The highest BCUT2D eigenvalue weighted by atomic mass is 16.4. The number of carboxylic acids is 2. The van der Waals surface area contributed by atoms with Gasteiger partial charge in [-0.25, -0.2) is 9.78 Å². The maximum absolute atomic E-state index is 12.9. The van der Waals surface area contributed by atoms with Crippen molar-refractivity contribution in [2.45, 2.75) is 43.4 Å². The van der Waals surface area contributed by atoms with E-state index in [9.17, 15) is 39.3 Å². The number of rotatable bonds is 14. The van der Waals surface area contributed by atoms with Gasteiger partial charge in [-0.15, -0.1) is 0 Å². The van der Waals surface area contributed by atoms with Crippen LogP contribution in [-0.4, -0.2) is 90.8 Å². The summed E-state index contributed by atoms with van der Waals surface area (Å²) in [6, 6.07) is 0.0218. The lowest BCUT2D eigenvalue weighted by molar-refractivity contribution is -0.144. The normalized spacial score (nSPS) is 14.0. The minimum atomic E-state index is -1.65. The summed E-state index contributed by atoms with van der Waals surface area (Å²) in [6.07, 6.45) is 1.66. The van der Waals surface area contributed by atoms with Gasteiger partial charge in [0.15, 0.2) is 0 Å². The molecule has 0 saturated carbocycles. The Labute approximate surface area is 210 Å². The highest BCUT2D eigenvalue weighted by molar-refractivity contribution is 5.95. The number of aliphatic carboxylic acids is 2. The topological polar surface area (TPSA) is 257 Å². The number of amides is 3. The van der Waals surface area contributed by atoms with Gasteiger partial charge in [0.2, 0.25) is 17.7 Å². The van der Waals surface area contributed by atoms with Crippen molar-refractivity contribution in [1.29, 1.82) is 0 Å². The minimum Gasteiger partial charge on any atom is -0.508 e. The fourth-order valence-corrected chi connectivity index (χ4v) is 3.20. The van der Waals surface area contributed by atoms with Crippen LogP contribution in [0.3, 0.4) is 0 Å². The lowest BCUT2D eigenvalue weighted by Crippen LogP contribution is -2.58. The third-order valence-electron chi connectivity index (χ3n) is 5.15. The molecule has 0 bridgehead atoms. The number of aromatic hydroxyl groups is 1. The van der Waals surface area contributed by atoms with Crippen LogP contribution in [0.5, 0.6) is 5.75 Å². The molecule has 4 unspecified atom stereocenters. The third kappa shape index (κ3) is 9.23. The number of nitrogens with two attached hydrogens (primary N) is 1. The van der Waals surface area contributed by atoms with Gasteiger partial charge in [-0.3, -0.25) is 19.2 Å². The van der Waals surface area contributed by atoms with Crippen molar-refractivity contribution in [2.75, 3.05) is 6.61 Å². The number of hydrogen-bond acceptors (Lipinski definition) is 9. The number of aliphatic hydroxyl groups is 1. The fraction of sp³-hybridized carbons (Fsp3) is 0.364. The highest BCUT2D eigenvalue weighted by Crippen LogP contribution is 2.11. The van der Waals surface area contributed by atoms with Gasteiger partial charge < -0.3 is 47.1 Å². The molecule has 15 nitrogen and oxygen atoms in total. The molecule has 1 aromatic heterocycles. The second-order valence-electron chi connectivity index (χ2n) is 8.06. The van der Waals surface area contributed by atoms with Crippen LogP contribution in [0.15, 0.2) is 36.8 Å². The Hall–Kier alpha value is -4.50. The summed E-state index contributed by atoms with van der Waals surface area (Å²) >= 11 is 0. The van der Waals surface area contributed by atoms with Gasteiger partial charge in [0.1, 0.15) is 23.9 Å². The Morgan fingerprint density at radius 1 is 0.892 bits per heavy atom. The number of nitrogens with zero attached hydrogens (tertiary/aromatic N) is 1. The van der Waals surface area contributed by atoms with Gasteiger partial charge in [-0.1, -0.05) is 12.1 Å². The zero-order chi connectivity index (χ0) is 27.5. The smallest absolute Gasteiger partial charge is 0.328 e. The highest BCUT2D eigenvalue weighted by Gasteiger charge is 2.31. The Bertz CT molecular complexity index is 1090. The number of nitrogens with one attached hydrogen (secondary N) is 4. The van der Waals surface area contributed by atoms with Crippen molar-refractivity contribution in [3.8, 4) is 5.75 Å². The number of phenols is 1. The van der Waals surface area contributed by atoms with Crippen molar-refractivity contribution < 1.29 is 44.4 Å². The first-order valence-corrected chi connectivity index (χ1v) is 11.0. The van der Waals surface area contributed by atoms with Crippen LogP contribution in [0, 0.1) is 0 Å². The van der Waals surface area contributed by atoms with E-state index in [-0.39, 0.29) is 18.6 Å². The lowest BCUT2D eigenvalue weighted by Gasteiger charge is -2.24. The molecule has 0 saturated heterocycles. The molecule has 200 valence electrons. The van der Waals surface area contributed by atoms with Gasteiger partial charge >= 0.3 is 11.9 Å². The number of aromatic amines is 1. The molecule has 3 amide bonds. The Kier molecular flexibility index (Phi) is 10.5. The van der Waals surface area contributed by atoms with E-state index < -0.39 is 66.9 Å². The molecule has 0 fully saturated rings. The second kappa shape index (κ2) is 13.6. The molecule has 0 radical (unpaired) electrons. The third-order valence-corrected chi connectivity index (χ3v) is 5.15. The van der Waals surface area contributed by atoms with E-state index in [2.05, 4.69) is 25.9 Å². The number of aromatic nitrogens is 2. The Morgan fingerprint density at radius 2 is 1.49 bits per heavy atom. The summed E-state index contributed by atoms with van der Waals surface area (Å²) in [6.45, 7) is -0.914. The number of H-pyrrole nitrogens is 1. The molecule has 10 N–H and O–H groups in total. The largest absolute Gasteiger partial charge is 0.508 e. The first-order valence-electron chi connectivity index (χ1n) is 11.0. The number of aliphatic hydroxyl groups excluding tert-OH is 1. The number of carbonyl (C=O) groups is 5. The predicted molar refractivity (Wildman–Crippen MR) is 125 cm³/mol. The van der Waals surface area contributed by atoms with Gasteiger partial charge in [-0.2, -0.15) is 0 Å². The van der Waals surface area contributed by atoms with Crippen LogP contribution in [-0.2, 0) is 36.8 Å². The number of carboxylic acid groups (broad SMARTS) is 2. The fourth-order valence-electron chi connectivity index (χ4n) is 3.20. The summed E-state index contributed by atoms with van der Waals surface area (Å²) in [4.78, 5) is 67.3. The second-order valence-corrected chi connectivity index (χ2v) is 8.06. The molecule has 0 aliphatic heterocycles. The van der Waals surface area contributed by atoms with Crippen molar-refractivity contribution in [3.63, 3.8) is 0 Å². The standard InChI is InChI=1S/C22H28N6O9/c23-14(5-11-1-3-13(30)4-2-11)19(33)26-16(7-18(31)32)21(35)27-15(6-12-8-24-10-25-12)20(34)28-17(9-29)22(36)37/h1-4,8,10,14-17,29-30H,5-7,9,23H2,(H,24,25)(H,26,33)(H,27,35)(H,28,34)(H,31,32)(H,36,37). The van der Waals surface area contributed by atoms with Crippen LogP contribution < -0.4 is 21.7 Å². The first-order chi connectivity index (χ1) is 17.5. The average molecular weight is 520 g/mol. The molecule has 2 rings (SSSR count). The van der Waals surface area contributed by atoms with Gasteiger partial charge in [0, 0.05) is 18.3 Å². The maximum Gasteiger partial charge on any atom is 0.328 e. The van der Waals surface area contributed by atoms with E-state index in [1.54, 1.807) is 12.1 Å². The zero-order valence-corrected chi connectivity index (χ0v) is 19.5. The molecule has 37 heavy (non-hydrogen) atoms. The molecular weight excluding hydrogens is 492 g/mol. The van der Waals surface area contributed by atoms with E-state index >= 15 is 0 Å². The van der Waals surface area contributed by atoms with Crippen LogP contribution in [0.1, 0.15) is 17.7 Å². The number of phenolic OH excluding ortho intramolecular Hbond substituents is 1. The van der Waals surface area contributed by atoms with Gasteiger partial charge in [0.05, 0.1) is 25.4 Å². The Balaban J connectivity index is 2.15. The molecule has 15 heteroatoms. The minimum absolute atomic E-state index is 0.0161.